The van der Waals surface area contributed by atoms with E-state index in [1.165, 1.54) is 10.9 Å². The van der Waals surface area contributed by atoms with Crippen molar-refractivity contribution in [2.75, 3.05) is 6.54 Å². The van der Waals surface area contributed by atoms with Crippen molar-refractivity contribution in [2.45, 2.75) is 6.54 Å². The van der Waals surface area contributed by atoms with Gasteiger partial charge in [0.25, 0.3) is 0 Å². The molecule has 1 N–H and O–H groups in total. The zero-order valence-electron chi connectivity index (χ0n) is 7.60. The summed E-state index contributed by atoms with van der Waals surface area (Å²) in [5.74, 6) is -0.193. The summed E-state index contributed by atoms with van der Waals surface area (Å²) in [5.41, 5.74) is 1.19. The summed E-state index contributed by atoms with van der Waals surface area (Å²) in [6.07, 6.45) is 0.404. The Morgan fingerprint density at radius 1 is 1.57 bits per heavy atom. The summed E-state index contributed by atoms with van der Waals surface area (Å²) in [6, 6.07) is 0. The van der Waals surface area contributed by atoms with Crippen molar-refractivity contribution < 1.29 is 14.7 Å². The predicted octanol–water partition coefficient (Wildman–Crippen LogP) is 0.0964. The van der Waals surface area contributed by atoms with Gasteiger partial charge < -0.3 is 5.11 Å². The van der Waals surface area contributed by atoms with Crippen LogP contribution in [-0.2, 0) is 13.6 Å². The Hall–Kier alpha value is -1.85. The zero-order chi connectivity index (χ0) is 10.3. The van der Waals surface area contributed by atoms with Crippen LogP contribution in [0.15, 0.2) is 6.20 Å². The lowest BCUT2D eigenvalue weighted by atomic mass is 10.1. The highest BCUT2D eigenvalue weighted by molar-refractivity contribution is 6.00. The Morgan fingerprint density at radius 2 is 2.29 bits per heavy atom. The van der Waals surface area contributed by atoms with Crippen molar-refractivity contribution in [1.82, 2.24) is 14.7 Å². The van der Waals surface area contributed by atoms with Crippen LogP contribution in [0, 0.1) is 0 Å². The van der Waals surface area contributed by atoms with Crippen LogP contribution in [0.4, 0.5) is 4.79 Å². The summed E-state index contributed by atoms with van der Waals surface area (Å²) in [6.45, 7) is 0.154. The predicted molar refractivity (Wildman–Crippen MR) is 46.0 cm³/mol. The highest BCUT2D eigenvalue weighted by Gasteiger charge is 2.28. The first-order valence-corrected chi connectivity index (χ1v) is 4.11. The van der Waals surface area contributed by atoms with E-state index in [1.807, 2.05) is 0 Å². The third kappa shape index (κ3) is 1.15. The molecule has 0 atom stereocenters. The van der Waals surface area contributed by atoms with Gasteiger partial charge >= 0.3 is 6.09 Å². The second-order valence-corrected chi connectivity index (χ2v) is 3.19. The molecule has 0 fully saturated rings. The number of ketones is 1. The summed E-state index contributed by atoms with van der Waals surface area (Å²) < 4.78 is 1.53. The fraction of sp³-hybridized carbons (Fsp3) is 0.375. The summed E-state index contributed by atoms with van der Waals surface area (Å²) >= 11 is 0. The van der Waals surface area contributed by atoms with Gasteiger partial charge in [-0.15, -0.1) is 0 Å². The van der Waals surface area contributed by atoms with E-state index in [2.05, 4.69) is 5.10 Å². The largest absolute Gasteiger partial charge is 0.465 e. The van der Waals surface area contributed by atoms with E-state index in [-0.39, 0.29) is 18.9 Å². The Bertz CT molecular complexity index is 410. The molecule has 0 aromatic carbocycles. The monoisotopic (exact) mass is 195 g/mol. The maximum absolute atomic E-state index is 11.5. The SMILES string of the molecule is Cn1ncc2c1CN(C(=O)O)CC2=O. The van der Waals surface area contributed by atoms with Crippen LogP contribution in [-0.4, -0.2) is 38.2 Å². The Labute approximate surface area is 79.7 Å². The smallest absolute Gasteiger partial charge is 0.408 e. The molecular formula is C8H9N3O3. The van der Waals surface area contributed by atoms with Gasteiger partial charge in [0.05, 0.1) is 30.5 Å². The van der Waals surface area contributed by atoms with E-state index in [0.717, 1.165) is 4.90 Å². The average molecular weight is 195 g/mol. The Morgan fingerprint density at radius 3 is 2.93 bits per heavy atom. The fourth-order valence-corrected chi connectivity index (χ4v) is 1.51. The molecule has 1 aromatic rings. The second-order valence-electron chi connectivity index (χ2n) is 3.19. The number of carboxylic acid groups (broad SMARTS) is 1. The van der Waals surface area contributed by atoms with E-state index in [0.29, 0.717) is 11.3 Å². The number of nitrogens with zero attached hydrogens (tertiary/aromatic N) is 3. The molecule has 0 radical (unpaired) electrons. The second kappa shape index (κ2) is 2.83. The maximum Gasteiger partial charge on any atom is 0.408 e. The van der Waals surface area contributed by atoms with Crippen LogP contribution in [0.3, 0.4) is 0 Å². The number of aromatic nitrogens is 2. The summed E-state index contributed by atoms with van der Waals surface area (Å²) in [7, 11) is 1.69. The number of fused-ring (bicyclic) bond motifs is 1. The molecule has 14 heavy (non-hydrogen) atoms. The first kappa shape index (κ1) is 8.74. The first-order chi connectivity index (χ1) is 6.59. The first-order valence-electron chi connectivity index (χ1n) is 4.11. The van der Waals surface area contributed by atoms with E-state index in [1.54, 1.807) is 7.05 Å². The number of amides is 1. The van der Waals surface area contributed by atoms with Crippen LogP contribution < -0.4 is 0 Å². The van der Waals surface area contributed by atoms with Crippen LogP contribution in [0.1, 0.15) is 16.1 Å². The molecule has 1 aromatic heterocycles. The highest BCUT2D eigenvalue weighted by Crippen LogP contribution is 2.17. The standard InChI is InChI=1S/C8H9N3O3/c1-10-6-3-11(8(13)14)4-7(12)5(6)2-9-10/h2H,3-4H2,1H3,(H,13,14). The van der Waals surface area contributed by atoms with Gasteiger partial charge in [-0.25, -0.2) is 4.79 Å². The quantitative estimate of drug-likeness (QED) is 0.636. The normalized spacial score (nSPS) is 15.5. The molecule has 0 saturated heterocycles. The van der Waals surface area contributed by atoms with Crippen molar-refractivity contribution in [3.8, 4) is 0 Å². The van der Waals surface area contributed by atoms with E-state index < -0.39 is 6.09 Å². The maximum atomic E-state index is 11.5. The molecule has 0 aliphatic carbocycles. The van der Waals surface area contributed by atoms with Crippen molar-refractivity contribution >= 4 is 11.9 Å². The van der Waals surface area contributed by atoms with Gasteiger partial charge in [-0.2, -0.15) is 5.10 Å². The highest BCUT2D eigenvalue weighted by atomic mass is 16.4. The van der Waals surface area contributed by atoms with E-state index in [4.69, 9.17) is 5.11 Å². The van der Waals surface area contributed by atoms with E-state index >= 15 is 0 Å². The Balaban J connectivity index is 2.40. The molecule has 0 saturated carbocycles. The minimum atomic E-state index is -1.08. The van der Waals surface area contributed by atoms with E-state index in [9.17, 15) is 9.59 Å². The lowest BCUT2D eigenvalue weighted by Gasteiger charge is -2.23. The van der Waals surface area contributed by atoms with Gasteiger partial charge in [0.1, 0.15) is 0 Å². The van der Waals surface area contributed by atoms with Gasteiger partial charge in [0.15, 0.2) is 5.78 Å². The molecule has 6 heteroatoms. The van der Waals surface area contributed by atoms with Gasteiger partial charge in [-0.1, -0.05) is 0 Å². The van der Waals surface area contributed by atoms with Crippen molar-refractivity contribution in [3.63, 3.8) is 0 Å². The molecular weight excluding hydrogens is 186 g/mol. The minimum absolute atomic E-state index is 0.0754. The van der Waals surface area contributed by atoms with Gasteiger partial charge in [-0.05, 0) is 0 Å². The summed E-state index contributed by atoms with van der Waals surface area (Å²) in [4.78, 5) is 23.2. The van der Waals surface area contributed by atoms with Crippen LogP contribution >= 0.6 is 0 Å². The molecule has 0 unspecified atom stereocenters. The average Bonchev–Trinajstić information content (AvgIpc) is 2.48. The number of carbonyl (C=O) groups is 2. The molecule has 2 heterocycles. The number of Topliss-reactive ketones (excluding diaryl/α,β-unsaturated/α-hetero) is 1. The van der Waals surface area contributed by atoms with Gasteiger partial charge in [-0.3, -0.25) is 14.4 Å². The fourth-order valence-electron chi connectivity index (χ4n) is 1.51. The lowest BCUT2D eigenvalue weighted by Crippen LogP contribution is -2.38. The van der Waals surface area contributed by atoms with Crippen molar-refractivity contribution in [3.05, 3.63) is 17.5 Å². The lowest BCUT2D eigenvalue weighted by molar-refractivity contribution is 0.0870. The number of hydrogen-bond donors (Lipinski definition) is 1. The van der Waals surface area contributed by atoms with Crippen LogP contribution in [0.25, 0.3) is 0 Å². The molecule has 1 aliphatic rings. The van der Waals surface area contributed by atoms with Crippen molar-refractivity contribution in [2.24, 2.45) is 7.05 Å². The third-order valence-electron chi connectivity index (χ3n) is 2.31. The van der Waals surface area contributed by atoms with Gasteiger partial charge in [0, 0.05) is 7.05 Å². The molecule has 0 bridgehead atoms. The molecule has 1 amide bonds. The number of carbonyl (C=O) groups excluding carboxylic acids is 1. The van der Waals surface area contributed by atoms with Crippen LogP contribution in [0.5, 0.6) is 0 Å². The number of aryl methyl sites for hydroxylation is 1. The summed E-state index contributed by atoms with van der Waals surface area (Å²) in [5, 5.41) is 12.7. The van der Waals surface area contributed by atoms with Crippen molar-refractivity contribution in [1.29, 1.82) is 0 Å². The Kier molecular flexibility index (Phi) is 1.77. The van der Waals surface area contributed by atoms with Crippen LogP contribution in [0.2, 0.25) is 0 Å². The zero-order valence-corrected chi connectivity index (χ0v) is 7.60. The minimum Gasteiger partial charge on any atom is -0.465 e. The molecule has 6 nitrogen and oxygen atoms in total. The molecule has 74 valence electrons. The molecule has 1 aliphatic heterocycles. The number of hydrogen-bond acceptors (Lipinski definition) is 3. The molecule has 2 rings (SSSR count). The topological polar surface area (TPSA) is 75.4 Å². The number of rotatable bonds is 0. The third-order valence-corrected chi connectivity index (χ3v) is 2.31. The molecule has 0 spiro atoms. The van der Waals surface area contributed by atoms with Gasteiger partial charge in [0.2, 0.25) is 0 Å².